The Hall–Kier alpha value is -2.46. The summed E-state index contributed by atoms with van der Waals surface area (Å²) in [5.74, 6) is -0.223. The van der Waals surface area contributed by atoms with E-state index in [4.69, 9.17) is 0 Å². The van der Waals surface area contributed by atoms with Crippen molar-refractivity contribution in [1.82, 2.24) is 4.90 Å². The Morgan fingerprint density at radius 2 is 1.86 bits per heavy atom. The Morgan fingerprint density at radius 1 is 1.11 bits per heavy atom. The monoisotopic (exact) mass is 393 g/mol. The van der Waals surface area contributed by atoms with Gasteiger partial charge in [-0.05, 0) is 71.7 Å². The van der Waals surface area contributed by atoms with E-state index in [9.17, 15) is 9.18 Å². The molecule has 1 amide bonds. The van der Waals surface area contributed by atoms with Gasteiger partial charge >= 0.3 is 0 Å². The van der Waals surface area contributed by atoms with Crippen LogP contribution in [0, 0.1) is 5.82 Å². The summed E-state index contributed by atoms with van der Waals surface area (Å²) in [4.78, 5) is 16.6. The molecule has 1 unspecified atom stereocenters. The molecular formula is C24H24FNOS. The topological polar surface area (TPSA) is 20.3 Å². The van der Waals surface area contributed by atoms with Gasteiger partial charge in [-0.15, -0.1) is 11.3 Å². The molecule has 1 aliphatic heterocycles. The molecule has 3 aromatic rings. The zero-order chi connectivity index (χ0) is 19.5. The maximum Gasteiger partial charge on any atom is 0.254 e. The van der Waals surface area contributed by atoms with E-state index in [0.29, 0.717) is 12.1 Å². The first-order valence-electron chi connectivity index (χ1n) is 9.89. The van der Waals surface area contributed by atoms with Crippen molar-refractivity contribution in [3.05, 3.63) is 92.9 Å². The minimum Gasteiger partial charge on any atom is -0.327 e. The summed E-state index contributed by atoms with van der Waals surface area (Å²) in [6, 6.07) is 16.5. The highest BCUT2D eigenvalue weighted by Crippen LogP contribution is 2.38. The van der Waals surface area contributed by atoms with E-state index in [0.717, 1.165) is 36.8 Å². The zero-order valence-electron chi connectivity index (χ0n) is 16.0. The number of halogens is 1. The standard InChI is InChI=1S/C24H24FNOS/c1-2-3-4-17-5-7-19(8-6-17)24(27)26-15-13-22-21(14-16-28-22)23(26)18-9-11-20(25)12-10-18/h5-12,14,16,23H,2-4,13,15H2,1H3. The van der Waals surface area contributed by atoms with Crippen LogP contribution in [0.25, 0.3) is 0 Å². The Kier molecular flexibility index (Phi) is 5.58. The molecule has 0 spiro atoms. The van der Waals surface area contributed by atoms with Gasteiger partial charge in [0.1, 0.15) is 5.82 Å². The number of fused-ring (bicyclic) bond motifs is 1. The molecule has 0 bridgehead atoms. The lowest BCUT2D eigenvalue weighted by Crippen LogP contribution is -2.40. The summed E-state index contributed by atoms with van der Waals surface area (Å²) in [7, 11) is 0. The molecular weight excluding hydrogens is 369 g/mol. The molecule has 2 aromatic carbocycles. The SMILES string of the molecule is CCCCc1ccc(C(=O)N2CCc3sccc3C2c2ccc(F)cc2)cc1. The van der Waals surface area contributed by atoms with Gasteiger partial charge in [0.15, 0.2) is 0 Å². The predicted molar refractivity (Wildman–Crippen MR) is 112 cm³/mol. The maximum absolute atomic E-state index is 13.5. The number of nitrogens with zero attached hydrogens (tertiary/aromatic N) is 1. The predicted octanol–water partition coefficient (Wildman–Crippen LogP) is 6.02. The van der Waals surface area contributed by atoms with Crippen molar-refractivity contribution in [2.45, 2.75) is 38.6 Å². The fourth-order valence-corrected chi connectivity index (χ4v) is 4.80. The van der Waals surface area contributed by atoms with Crippen LogP contribution in [-0.2, 0) is 12.8 Å². The molecule has 2 heterocycles. The first-order valence-corrected chi connectivity index (χ1v) is 10.8. The number of hydrogen-bond acceptors (Lipinski definition) is 2. The van der Waals surface area contributed by atoms with Crippen LogP contribution in [0.5, 0.6) is 0 Å². The lowest BCUT2D eigenvalue weighted by molar-refractivity contribution is 0.0696. The van der Waals surface area contributed by atoms with Crippen LogP contribution < -0.4 is 0 Å². The molecule has 4 rings (SSSR count). The first-order chi connectivity index (χ1) is 13.7. The fraction of sp³-hybridized carbons (Fsp3) is 0.292. The molecule has 1 atom stereocenters. The number of amides is 1. The largest absolute Gasteiger partial charge is 0.327 e. The summed E-state index contributed by atoms with van der Waals surface area (Å²) in [6.45, 7) is 2.86. The molecule has 0 saturated carbocycles. The van der Waals surface area contributed by atoms with E-state index < -0.39 is 0 Å². The Balaban J connectivity index is 1.65. The Labute approximate surface area is 169 Å². The normalized spacial score (nSPS) is 16.1. The van der Waals surface area contributed by atoms with Crippen molar-refractivity contribution in [3.8, 4) is 0 Å². The number of thiophene rings is 1. The van der Waals surface area contributed by atoms with Crippen LogP contribution >= 0.6 is 11.3 Å². The van der Waals surface area contributed by atoms with E-state index >= 15 is 0 Å². The number of unbranched alkanes of at least 4 members (excludes halogenated alkanes) is 1. The van der Waals surface area contributed by atoms with Crippen molar-refractivity contribution >= 4 is 17.2 Å². The summed E-state index contributed by atoms with van der Waals surface area (Å²) in [5, 5.41) is 2.08. The lowest BCUT2D eigenvalue weighted by Gasteiger charge is -2.36. The smallest absolute Gasteiger partial charge is 0.254 e. The van der Waals surface area contributed by atoms with Gasteiger partial charge < -0.3 is 4.90 Å². The van der Waals surface area contributed by atoms with Gasteiger partial charge in [0, 0.05) is 17.0 Å². The second kappa shape index (κ2) is 8.27. The highest BCUT2D eigenvalue weighted by molar-refractivity contribution is 7.10. The highest BCUT2D eigenvalue weighted by Gasteiger charge is 2.33. The van der Waals surface area contributed by atoms with Crippen molar-refractivity contribution in [3.63, 3.8) is 0 Å². The van der Waals surface area contributed by atoms with Gasteiger partial charge in [-0.3, -0.25) is 4.79 Å². The molecule has 1 aliphatic rings. The second-order valence-corrected chi connectivity index (χ2v) is 8.30. The molecule has 1 aromatic heterocycles. The number of carbonyl (C=O) groups is 1. The van der Waals surface area contributed by atoms with Crippen molar-refractivity contribution < 1.29 is 9.18 Å². The molecule has 2 nitrogen and oxygen atoms in total. The van der Waals surface area contributed by atoms with Gasteiger partial charge in [-0.1, -0.05) is 37.6 Å². The van der Waals surface area contributed by atoms with Crippen molar-refractivity contribution in [2.75, 3.05) is 6.54 Å². The van der Waals surface area contributed by atoms with Crippen molar-refractivity contribution in [2.24, 2.45) is 0 Å². The van der Waals surface area contributed by atoms with E-state index in [1.807, 2.05) is 17.0 Å². The summed E-state index contributed by atoms with van der Waals surface area (Å²) >= 11 is 1.73. The van der Waals surface area contributed by atoms with E-state index in [1.165, 1.54) is 22.6 Å². The molecule has 28 heavy (non-hydrogen) atoms. The van der Waals surface area contributed by atoms with Gasteiger partial charge in [-0.2, -0.15) is 0 Å². The molecule has 4 heteroatoms. The third-order valence-electron chi connectivity index (χ3n) is 5.43. The molecule has 0 radical (unpaired) electrons. The third kappa shape index (κ3) is 3.74. The summed E-state index contributed by atoms with van der Waals surface area (Å²) in [5.41, 5.74) is 4.10. The average molecular weight is 394 g/mol. The van der Waals surface area contributed by atoms with Crippen LogP contribution in [0.2, 0.25) is 0 Å². The van der Waals surface area contributed by atoms with E-state index in [1.54, 1.807) is 23.5 Å². The number of rotatable bonds is 5. The molecule has 0 fully saturated rings. The van der Waals surface area contributed by atoms with Crippen LogP contribution in [-0.4, -0.2) is 17.4 Å². The van der Waals surface area contributed by atoms with E-state index in [-0.39, 0.29) is 17.8 Å². The summed E-state index contributed by atoms with van der Waals surface area (Å²) < 4.78 is 13.5. The lowest BCUT2D eigenvalue weighted by atomic mass is 9.92. The van der Waals surface area contributed by atoms with Crippen LogP contribution in [0.1, 0.15) is 57.7 Å². The summed E-state index contributed by atoms with van der Waals surface area (Å²) in [6.07, 6.45) is 4.24. The molecule has 0 aliphatic carbocycles. The van der Waals surface area contributed by atoms with Gasteiger partial charge in [-0.25, -0.2) is 4.39 Å². The maximum atomic E-state index is 13.5. The van der Waals surface area contributed by atoms with Crippen molar-refractivity contribution in [1.29, 1.82) is 0 Å². The zero-order valence-corrected chi connectivity index (χ0v) is 16.8. The van der Waals surface area contributed by atoms with Crippen LogP contribution in [0.4, 0.5) is 4.39 Å². The Morgan fingerprint density at radius 3 is 2.57 bits per heavy atom. The van der Waals surface area contributed by atoms with Crippen LogP contribution in [0.3, 0.4) is 0 Å². The highest BCUT2D eigenvalue weighted by atomic mass is 32.1. The molecule has 0 N–H and O–H groups in total. The third-order valence-corrected chi connectivity index (χ3v) is 6.43. The first kappa shape index (κ1) is 18.9. The van der Waals surface area contributed by atoms with E-state index in [2.05, 4.69) is 30.5 Å². The molecule has 144 valence electrons. The second-order valence-electron chi connectivity index (χ2n) is 7.30. The average Bonchev–Trinajstić information content (AvgIpc) is 3.21. The number of benzene rings is 2. The van der Waals surface area contributed by atoms with Gasteiger partial charge in [0.2, 0.25) is 0 Å². The van der Waals surface area contributed by atoms with Crippen LogP contribution in [0.15, 0.2) is 60.0 Å². The minimum atomic E-state index is -0.259. The quantitative estimate of drug-likeness (QED) is 0.519. The van der Waals surface area contributed by atoms with Gasteiger partial charge in [0.25, 0.3) is 5.91 Å². The number of aryl methyl sites for hydroxylation is 1. The fourth-order valence-electron chi connectivity index (χ4n) is 3.90. The Bertz CT molecular complexity index is 945. The van der Waals surface area contributed by atoms with Gasteiger partial charge in [0.05, 0.1) is 6.04 Å². The number of carbonyl (C=O) groups excluding carboxylic acids is 1. The molecule has 0 saturated heterocycles. The minimum absolute atomic E-state index is 0.0354. The number of hydrogen-bond donors (Lipinski definition) is 0.